The number of benzene rings is 1. The summed E-state index contributed by atoms with van der Waals surface area (Å²) in [6, 6.07) is 3.49. The Kier molecular flexibility index (Phi) is 5.47. The molecule has 2 N–H and O–H groups in total. The Labute approximate surface area is 120 Å². The summed E-state index contributed by atoms with van der Waals surface area (Å²) in [6.07, 6.45) is -0.352. The highest BCUT2D eigenvalue weighted by atomic mass is 32.2. The number of hydrogen-bond acceptors (Lipinski definition) is 6. The Morgan fingerprint density at radius 3 is 2.67 bits per heavy atom. The Bertz CT molecular complexity index is 642. The predicted octanol–water partition coefficient (Wildman–Crippen LogP) is 1.21. The lowest BCUT2D eigenvalue weighted by Gasteiger charge is -2.11. The number of carboxylic acids is 1. The molecular formula is C11H14N2O7S. The fourth-order valence-electron chi connectivity index (χ4n) is 1.52. The molecule has 21 heavy (non-hydrogen) atoms. The second-order valence-electron chi connectivity index (χ2n) is 4.06. The van der Waals surface area contributed by atoms with Gasteiger partial charge in [-0.05, 0) is 12.5 Å². The Morgan fingerprint density at radius 1 is 1.48 bits per heavy atom. The zero-order chi connectivity index (χ0) is 16.0. The molecule has 10 heteroatoms. The van der Waals surface area contributed by atoms with E-state index in [4.69, 9.17) is 9.84 Å². The van der Waals surface area contributed by atoms with Crippen LogP contribution in [0, 0.1) is 10.1 Å². The summed E-state index contributed by atoms with van der Waals surface area (Å²) in [5, 5.41) is 19.2. The number of ether oxygens (including phenoxy) is 1. The molecule has 0 aliphatic carbocycles. The lowest BCUT2D eigenvalue weighted by atomic mass is 10.2. The van der Waals surface area contributed by atoms with Crippen LogP contribution in [0.1, 0.15) is 12.8 Å². The highest BCUT2D eigenvalue weighted by molar-refractivity contribution is 7.92. The SMILES string of the molecule is COc1ccc([N+](=O)[O-])cc1NS(=O)(=O)CCCC(=O)O. The number of hydrogen-bond donors (Lipinski definition) is 2. The highest BCUT2D eigenvalue weighted by Crippen LogP contribution is 2.29. The summed E-state index contributed by atoms with van der Waals surface area (Å²) in [7, 11) is -2.53. The van der Waals surface area contributed by atoms with Crippen molar-refractivity contribution in [2.45, 2.75) is 12.8 Å². The van der Waals surface area contributed by atoms with Crippen molar-refractivity contribution in [3.63, 3.8) is 0 Å². The average Bonchev–Trinajstić information content (AvgIpc) is 2.37. The maximum absolute atomic E-state index is 11.8. The first-order chi connectivity index (χ1) is 9.75. The number of sulfonamides is 1. The summed E-state index contributed by atoms with van der Waals surface area (Å²) in [5.74, 6) is -1.38. The van der Waals surface area contributed by atoms with Gasteiger partial charge in [0.15, 0.2) is 0 Å². The van der Waals surface area contributed by atoms with Gasteiger partial charge in [0.05, 0.1) is 23.5 Å². The number of nitrogens with zero attached hydrogens (tertiary/aromatic N) is 1. The zero-order valence-corrected chi connectivity index (χ0v) is 11.9. The first-order valence-corrected chi connectivity index (χ1v) is 7.45. The molecule has 0 atom stereocenters. The summed E-state index contributed by atoms with van der Waals surface area (Å²) in [6.45, 7) is 0. The number of nitro groups is 1. The van der Waals surface area contributed by atoms with Crippen molar-refractivity contribution in [2.75, 3.05) is 17.6 Å². The number of nitrogens with one attached hydrogen (secondary N) is 1. The molecule has 0 unspecified atom stereocenters. The molecule has 1 aromatic carbocycles. The largest absolute Gasteiger partial charge is 0.495 e. The molecule has 0 aliphatic rings. The first kappa shape index (κ1) is 16.7. The van der Waals surface area contributed by atoms with Gasteiger partial charge < -0.3 is 9.84 Å². The molecule has 0 heterocycles. The summed E-state index contributed by atoms with van der Waals surface area (Å²) in [4.78, 5) is 20.4. The molecule has 0 saturated carbocycles. The van der Waals surface area contributed by atoms with Gasteiger partial charge in [-0.3, -0.25) is 19.6 Å². The van der Waals surface area contributed by atoms with Crippen molar-refractivity contribution in [2.24, 2.45) is 0 Å². The van der Waals surface area contributed by atoms with Crippen LogP contribution in [0.25, 0.3) is 0 Å². The number of carboxylic acid groups (broad SMARTS) is 1. The van der Waals surface area contributed by atoms with Crippen LogP contribution < -0.4 is 9.46 Å². The monoisotopic (exact) mass is 318 g/mol. The molecule has 1 rings (SSSR count). The van der Waals surface area contributed by atoms with Gasteiger partial charge in [0.25, 0.3) is 5.69 Å². The van der Waals surface area contributed by atoms with Gasteiger partial charge in [-0.1, -0.05) is 0 Å². The van der Waals surface area contributed by atoms with E-state index >= 15 is 0 Å². The van der Waals surface area contributed by atoms with E-state index in [1.54, 1.807) is 0 Å². The van der Waals surface area contributed by atoms with Crippen LogP contribution in [0.3, 0.4) is 0 Å². The van der Waals surface area contributed by atoms with Crippen molar-refractivity contribution >= 4 is 27.4 Å². The van der Waals surface area contributed by atoms with Gasteiger partial charge in [-0.2, -0.15) is 0 Å². The van der Waals surface area contributed by atoms with Crippen LogP contribution in [0.15, 0.2) is 18.2 Å². The second kappa shape index (κ2) is 6.88. The van der Waals surface area contributed by atoms with Crippen molar-refractivity contribution < 1.29 is 28.0 Å². The third kappa shape index (κ3) is 5.26. The molecule has 0 aliphatic heterocycles. The average molecular weight is 318 g/mol. The van der Waals surface area contributed by atoms with Crippen LogP contribution in [0.2, 0.25) is 0 Å². The van der Waals surface area contributed by atoms with Gasteiger partial charge in [0.1, 0.15) is 5.75 Å². The maximum atomic E-state index is 11.8. The number of rotatable bonds is 8. The highest BCUT2D eigenvalue weighted by Gasteiger charge is 2.17. The minimum atomic E-state index is -3.82. The fraction of sp³-hybridized carbons (Fsp3) is 0.364. The van der Waals surface area contributed by atoms with Gasteiger partial charge in [0.2, 0.25) is 10.0 Å². The number of aliphatic carboxylic acids is 1. The van der Waals surface area contributed by atoms with Crippen LogP contribution >= 0.6 is 0 Å². The molecule has 1 aromatic rings. The third-order valence-electron chi connectivity index (χ3n) is 2.46. The molecule has 116 valence electrons. The Hall–Kier alpha value is -2.36. The van der Waals surface area contributed by atoms with Gasteiger partial charge >= 0.3 is 5.97 Å². The summed E-state index contributed by atoms with van der Waals surface area (Å²) >= 11 is 0. The summed E-state index contributed by atoms with van der Waals surface area (Å²) < 4.78 is 30.7. The number of methoxy groups -OCH3 is 1. The lowest BCUT2D eigenvalue weighted by molar-refractivity contribution is -0.384. The number of carbonyl (C=O) groups is 1. The van der Waals surface area contributed by atoms with Gasteiger partial charge in [-0.25, -0.2) is 8.42 Å². The predicted molar refractivity (Wildman–Crippen MR) is 73.9 cm³/mol. The lowest BCUT2D eigenvalue weighted by Crippen LogP contribution is -2.18. The molecule has 0 amide bonds. The molecule has 0 radical (unpaired) electrons. The molecule has 0 saturated heterocycles. The zero-order valence-electron chi connectivity index (χ0n) is 11.1. The van der Waals surface area contributed by atoms with Gasteiger partial charge in [0, 0.05) is 18.6 Å². The first-order valence-electron chi connectivity index (χ1n) is 5.80. The molecule has 0 fully saturated rings. The smallest absolute Gasteiger partial charge is 0.303 e. The van der Waals surface area contributed by atoms with E-state index in [9.17, 15) is 23.3 Å². The van der Waals surface area contributed by atoms with E-state index < -0.39 is 26.7 Å². The standard InChI is InChI=1S/C11H14N2O7S/c1-20-10-5-4-8(13(16)17)7-9(10)12-21(18,19)6-2-3-11(14)15/h4-5,7,12H,2-3,6H2,1H3,(H,14,15). The van der Waals surface area contributed by atoms with E-state index in [0.717, 1.165) is 6.07 Å². The van der Waals surface area contributed by atoms with E-state index in [1.165, 1.54) is 19.2 Å². The van der Waals surface area contributed by atoms with E-state index in [1.807, 2.05) is 0 Å². The molecule has 0 aromatic heterocycles. The van der Waals surface area contributed by atoms with Gasteiger partial charge in [-0.15, -0.1) is 0 Å². The molecule has 9 nitrogen and oxygen atoms in total. The normalized spacial score (nSPS) is 10.9. The maximum Gasteiger partial charge on any atom is 0.303 e. The number of nitro benzene ring substituents is 1. The van der Waals surface area contributed by atoms with Crippen LogP contribution in [0.4, 0.5) is 11.4 Å². The molecule has 0 bridgehead atoms. The van der Waals surface area contributed by atoms with Crippen LogP contribution in [-0.4, -0.2) is 37.3 Å². The van der Waals surface area contributed by atoms with E-state index in [0.29, 0.717) is 0 Å². The fourth-order valence-corrected chi connectivity index (χ4v) is 2.64. The quantitative estimate of drug-likeness (QED) is 0.543. The topological polar surface area (TPSA) is 136 Å². The Balaban J connectivity index is 2.91. The third-order valence-corrected chi connectivity index (χ3v) is 3.82. The van der Waals surface area contributed by atoms with Crippen LogP contribution in [0.5, 0.6) is 5.75 Å². The van der Waals surface area contributed by atoms with Crippen molar-refractivity contribution in [3.05, 3.63) is 28.3 Å². The van der Waals surface area contributed by atoms with Crippen molar-refractivity contribution in [1.82, 2.24) is 0 Å². The summed E-state index contributed by atoms with van der Waals surface area (Å²) in [5.41, 5.74) is -0.360. The second-order valence-corrected chi connectivity index (χ2v) is 5.90. The van der Waals surface area contributed by atoms with Crippen molar-refractivity contribution in [1.29, 1.82) is 0 Å². The van der Waals surface area contributed by atoms with E-state index in [-0.39, 0.29) is 30.0 Å². The number of anilines is 1. The molecular weight excluding hydrogens is 304 g/mol. The minimum Gasteiger partial charge on any atom is -0.495 e. The number of non-ortho nitro benzene ring substituents is 1. The minimum absolute atomic E-state index is 0.0676. The van der Waals surface area contributed by atoms with Crippen molar-refractivity contribution in [3.8, 4) is 5.75 Å². The Morgan fingerprint density at radius 2 is 2.14 bits per heavy atom. The molecule has 0 spiro atoms. The van der Waals surface area contributed by atoms with E-state index in [2.05, 4.69) is 4.72 Å². The van der Waals surface area contributed by atoms with Crippen LogP contribution in [-0.2, 0) is 14.8 Å².